The van der Waals surface area contributed by atoms with E-state index in [0.29, 0.717) is 14.2 Å². The lowest BCUT2D eigenvalue weighted by Crippen LogP contribution is -2.17. The van der Waals surface area contributed by atoms with Gasteiger partial charge in [0.2, 0.25) is 0 Å². The normalized spacial score (nSPS) is 17.7. The number of benzene rings is 1. The number of fused-ring (bicyclic) bond motifs is 1. The Balaban J connectivity index is 2.10. The minimum atomic E-state index is -0.154. The van der Waals surface area contributed by atoms with E-state index in [1.165, 1.54) is 11.8 Å². The number of thiophene rings is 1. The summed E-state index contributed by atoms with van der Waals surface area (Å²) in [5.41, 5.74) is 0. The third-order valence-corrected chi connectivity index (χ3v) is 5.26. The number of thiocarbonyl (C=S) groups is 1. The smallest absolute Gasteiger partial charge is 0.263 e. The Morgan fingerprint density at radius 1 is 1.33 bits per heavy atom. The molecule has 0 saturated carbocycles. The topological polar surface area (TPSA) is 29.1 Å². The lowest BCUT2D eigenvalue weighted by molar-refractivity contribution is -0.115. The molecule has 1 aliphatic rings. The van der Waals surface area contributed by atoms with Gasteiger partial charge in [0.15, 0.2) is 0 Å². The Hall–Kier alpha value is -0.880. The fraction of sp³-hybridized carbons (Fsp3) is 0. The molecule has 1 amide bonds. The number of rotatable bonds is 1. The molecule has 0 aliphatic carbocycles. The van der Waals surface area contributed by atoms with Crippen molar-refractivity contribution in [1.29, 1.82) is 0 Å². The number of carbonyl (C=O) groups excluding carboxylic acids is 1. The molecule has 0 unspecified atom stereocenters. The third kappa shape index (κ3) is 2.07. The molecular weight excluding hydrogens is 306 g/mol. The summed E-state index contributed by atoms with van der Waals surface area (Å²) in [4.78, 5) is 13.1. The molecule has 1 N–H and O–H groups in total. The number of halogens is 1. The monoisotopic (exact) mass is 311 g/mol. The van der Waals surface area contributed by atoms with E-state index < -0.39 is 0 Å². The molecule has 90 valence electrons. The largest absolute Gasteiger partial charge is 0.307 e. The number of carbonyl (C=O) groups is 1. The number of hydrogen-bond acceptors (Lipinski definition) is 4. The molecule has 2 heterocycles. The molecule has 3 rings (SSSR count). The number of thioether (sulfide) groups is 1. The summed E-state index contributed by atoms with van der Waals surface area (Å²) in [5, 5.41) is 4.29. The molecule has 2 nitrogen and oxygen atoms in total. The van der Waals surface area contributed by atoms with Crippen molar-refractivity contribution in [1.82, 2.24) is 5.32 Å². The molecule has 0 spiro atoms. The van der Waals surface area contributed by atoms with Crippen LogP contribution in [0.3, 0.4) is 0 Å². The summed E-state index contributed by atoms with van der Waals surface area (Å²) < 4.78 is 1.60. The maximum Gasteiger partial charge on any atom is 0.263 e. The van der Waals surface area contributed by atoms with Crippen molar-refractivity contribution < 1.29 is 4.79 Å². The van der Waals surface area contributed by atoms with Crippen LogP contribution in [0.15, 0.2) is 29.2 Å². The van der Waals surface area contributed by atoms with Gasteiger partial charge in [0.1, 0.15) is 4.32 Å². The fourth-order valence-corrected chi connectivity index (χ4v) is 4.20. The lowest BCUT2D eigenvalue weighted by atomic mass is 10.2. The predicted octanol–water partition coefficient (Wildman–Crippen LogP) is 4.04. The summed E-state index contributed by atoms with van der Waals surface area (Å²) in [6.45, 7) is 0. The van der Waals surface area contributed by atoms with Gasteiger partial charge < -0.3 is 5.32 Å². The van der Waals surface area contributed by atoms with Crippen molar-refractivity contribution in [2.24, 2.45) is 0 Å². The Kier molecular flexibility index (Phi) is 3.15. The van der Waals surface area contributed by atoms with Gasteiger partial charge in [0.25, 0.3) is 5.91 Å². The van der Waals surface area contributed by atoms with Gasteiger partial charge in [-0.1, -0.05) is 53.8 Å². The molecule has 2 aromatic rings. The third-order valence-electron chi connectivity index (χ3n) is 2.46. The second kappa shape index (κ2) is 4.66. The first-order chi connectivity index (χ1) is 8.65. The van der Waals surface area contributed by atoms with Crippen LogP contribution >= 0.6 is 46.9 Å². The molecule has 1 fully saturated rings. The van der Waals surface area contributed by atoms with Crippen molar-refractivity contribution in [3.63, 3.8) is 0 Å². The van der Waals surface area contributed by atoms with Gasteiger partial charge in [-0.15, -0.1) is 11.3 Å². The maximum atomic E-state index is 11.6. The van der Waals surface area contributed by atoms with Crippen LogP contribution in [0.25, 0.3) is 16.2 Å². The van der Waals surface area contributed by atoms with Crippen LogP contribution in [0.5, 0.6) is 0 Å². The first kappa shape index (κ1) is 12.2. The summed E-state index contributed by atoms with van der Waals surface area (Å²) in [6.07, 6.45) is 1.80. The molecule has 1 aromatic carbocycles. The van der Waals surface area contributed by atoms with Crippen LogP contribution in [-0.4, -0.2) is 10.2 Å². The van der Waals surface area contributed by atoms with Crippen molar-refractivity contribution >= 4 is 73.3 Å². The summed E-state index contributed by atoms with van der Waals surface area (Å²) >= 11 is 14.1. The van der Waals surface area contributed by atoms with E-state index in [2.05, 4.69) is 5.32 Å². The van der Waals surface area contributed by atoms with Gasteiger partial charge in [0, 0.05) is 15.0 Å². The maximum absolute atomic E-state index is 11.6. The zero-order chi connectivity index (χ0) is 12.7. The van der Waals surface area contributed by atoms with E-state index in [1.807, 2.05) is 24.3 Å². The Labute approximate surface area is 122 Å². The van der Waals surface area contributed by atoms with E-state index in [1.54, 1.807) is 17.4 Å². The molecule has 0 radical (unpaired) electrons. The Morgan fingerprint density at radius 3 is 2.78 bits per heavy atom. The zero-order valence-corrected chi connectivity index (χ0v) is 12.1. The summed E-state index contributed by atoms with van der Waals surface area (Å²) in [7, 11) is 0. The van der Waals surface area contributed by atoms with Crippen LogP contribution in [0, 0.1) is 0 Å². The summed E-state index contributed by atoms with van der Waals surface area (Å²) in [6, 6.07) is 7.91. The minimum Gasteiger partial charge on any atom is -0.307 e. The quantitative estimate of drug-likeness (QED) is 0.636. The van der Waals surface area contributed by atoms with Gasteiger partial charge in [-0.25, -0.2) is 0 Å². The SMILES string of the molecule is O=C1NC(=S)S/C1=C/c1sc2ccccc2c1Cl. The molecule has 6 heteroatoms. The van der Waals surface area contributed by atoms with Crippen LogP contribution in [0.4, 0.5) is 0 Å². The van der Waals surface area contributed by atoms with E-state index in [4.69, 9.17) is 23.8 Å². The Morgan fingerprint density at radius 2 is 2.11 bits per heavy atom. The van der Waals surface area contributed by atoms with Crippen LogP contribution in [0.2, 0.25) is 5.02 Å². The van der Waals surface area contributed by atoms with E-state index in [0.717, 1.165) is 15.0 Å². The number of nitrogens with one attached hydrogen (secondary N) is 1. The molecule has 0 bridgehead atoms. The molecular formula is C12H6ClNOS3. The van der Waals surface area contributed by atoms with Crippen LogP contribution in [-0.2, 0) is 4.79 Å². The predicted molar refractivity (Wildman–Crippen MR) is 83.1 cm³/mol. The van der Waals surface area contributed by atoms with Crippen molar-refractivity contribution in [2.45, 2.75) is 0 Å². The zero-order valence-electron chi connectivity index (χ0n) is 8.90. The van der Waals surface area contributed by atoms with Crippen LogP contribution < -0.4 is 5.32 Å². The molecule has 1 aromatic heterocycles. The molecule has 1 saturated heterocycles. The van der Waals surface area contributed by atoms with Gasteiger partial charge >= 0.3 is 0 Å². The lowest BCUT2D eigenvalue weighted by Gasteiger charge is -1.91. The van der Waals surface area contributed by atoms with Crippen molar-refractivity contribution in [2.75, 3.05) is 0 Å². The van der Waals surface area contributed by atoms with Gasteiger partial charge in [-0.2, -0.15) is 0 Å². The van der Waals surface area contributed by atoms with E-state index in [9.17, 15) is 4.79 Å². The molecule has 1 aliphatic heterocycles. The highest BCUT2D eigenvalue weighted by Gasteiger charge is 2.23. The second-order valence-electron chi connectivity index (χ2n) is 3.63. The van der Waals surface area contributed by atoms with Crippen LogP contribution in [0.1, 0.15) is 4.88 Å². The van der Waals surface area contributed by atoms with Gasteiger partial charge in [0.05, 0.1) is 9.93 Å². The van der Waals surface area contributed by atoms with E-state index >= 15 is 0 Å². The van der Waals surface area contributed by atoms with Gasteiger partial charge in [-0.05, 0) is 12.1 Å². The Bertz CT molecular complexity index is 704. The number of amides is 1. The van der Waals surface area contributed by atoms with Crippen molar-refractivity contribution in [3.05, 3.63) is 39.1 Å². The van der Waals surface area contributed by atoms with Crippen molar-refractivity contribution in [3.8, 4) is 0 Å². The first-order valence-corrected chi connectivity index (χ1v) is 7.49. The first-order valence-electron chi connectivity index (χ1n) is 5.07. The standard InChI is InChI=1S/C12H6ClNOS3/c13-10-6-3-1-2-4-7(6)17-8(10)5-9-11(15)14-12(16)18-9/h1-5H,(H,14,15,16)/b9-5+. The minimum absolute atomic E-state index is 0.154. The van der Waals surface area contributed by atoms with Gasteiger partial charge in [-0.3, -0.25) is 4.79 Å². The fourth-order valence-electron chi connectivity index (χ4n) is 1.67. The van der Waals surface area contributed by atoms with E-state index in [-0.39, 0.29) is 5.91 Å². The summed E-state index contributed by atoms with van der Waals surface area (Å²) in [5.74, 6) is -0.154. The molecule has 18 heavy (non-hydrogen) atoms. The average Bonchev–Trinajstić information content (AvgIpc) is 2.82. The molecule has 0 atom stereocenters. The second-order valence-corrected chi connectivity index (χ2v) is 6.81. The highest BCUT2D eigenvalue weighted by atomic mass is 35.5. The highest BCUT2D eigenvalue weighted by Crippen LogP contribution is 2.38. The highest BCUT2D eigenvalue weighted by molar-refractivity contribution is 8.26. The number of hydrogen-bond donors (Lipinski definition) is 1. The average molecular weight is 312 g/mol.